The zero-order valence-corrected chi connectivity index (χ0v) is 19.0. The molecule has 0 heterocycles. The molecule has 0 saturated heterocycles. The van der Waals surface area contributed by atoms with E-state index < -0.39 is 43.3 Å². The van der Waals surface area contributed by atoms with Crippen LogP contribution in [0.1, 0.15) is 48.0 Å². The minimum Gasteiger partial charge on any atom is -0.344 e. The van der Waals surface area contributed by atoms with Crippen LogP contribution in [0.3, 0.4) is 0 Å². The maximum Gasteiger partial charge on any atom is 0.328 e. The van der Waals surface area contributed by atoms with Crippen LogP contribution >= 0.6 is 0 Å². The van der Waals surface area contributed by atoms with Gasteiger partial charge in [-0.05, 0) is 5.41 Å². The molecule has 0 aliphatic rings. The van der Waals surface area contributed by atoms with Gasteiger partial charge in [-0.15, -0.1) is 0 Å². The summed E-state index contributed by atoms with van der Waals surface area (Å²) in [5, 5.41) is 11.0. The lowest BCUT2D eigenvalue weighted by atomic mass is 10.0. The lowest BCUT2D eigenvalue weighted by molar-refractivity contribution is 0.469. The molecule has 0 aromatic carbocycles. The summed E-state index contributed by atoms with van der Waals surface area (Å²) in [6, 6.07) is 0. The Morgan fingerprint density at radius 2 is 0.885 bits per heavy atom. The van der Waals surface area contributed by atoms with Crippen LogP contribution in [0, 0.1) is 5.41 Å². The summed E-state index contributed by atoms with van der Waals surface area (Å²) in [5.74, 6) is 0. The SMILES string of the molecule is CC(C)(C)C.CCC.N.NS(=O)(=O)CS(=O)(=O)O.NS(=O)(=O)S(N)(=O)=O. The van der Waals surface area contributed by atoms with E-state index >= 15 is 0 Å². The lowest BCUT2D eigenvalue weighted by Crippen LogP contribution is -2.29. The molecule has 13 nitrogen and oxygen atoms in total. The molecular formula is C9H32N4O9S4. The molecule has 0 aliphatic carbocycles. The van der Waals surface area contributed by atoms with Gasteiger partial charge in [-0.2, -0.15) is 25.3 Å². The average molecular weight is 469 g/mol. The molecular weight excluding hydrogens is 436 g/mol. The smallest absolute Gasteiger partial charge is 0.328 e. The molecule has 26 heavy (non-hydrogen) atoms. The Morgan fingerprint density at radius 3 is 0.885 bits per heavy atom. The molecule has 166 valence electrons. The highest BCUT2D eigenvalue weighted by Gasteiger charge is 2.17. The first-order valence-corrected chi connectivity index (χ1v) is 13.3. The Kier molecular flexibility index (Phi) is 19.3. The van der Waals surface area contributed by atoms with Crippen LogP contribution in [0.2, 0.25) is 0 Å². The van der Waals surface area contributed by atoms with Gasteiger partial charge in [0.15, 0.2) is 5.08 Å². The van der Waals surface area contributed by atoms with E-state index in [4.69, 9.17) is 4.55 Å². The number of rotatable bonds is 3. The first kappa shape index (κ1) is 36.5. The summed E-state index contributed by atoms with van der Waals surface area (Å²) in [6.45, 7) is 13.0. The van der Waals surface area contributed by atoms with Crippen LogP contribution < -0.4 is 21.6 Å². The predicted molar refractivity (Wildman–Crippen MR) is 102 cm³/mol. The van der Waals surface area contributed by atoms with Crippen molar-refractivity contribution in [3.63, 3.8) is 0 Å². The van der Waals surface area contributed by atoms with Crippen molar-refractivity contribution in [2.24, 2.45) is 20.8 Å². The molecule has 0 amide bonds. The van der Waals surface area contributed by atoms with E-state index in [-0.39, 0.29) is 6.15 Å². The van der Waals surface area contributed by atoms with Gasteiger partial charge in [0.2, 0.25) is 10.0 Å². The third-order valence-corrected chi connectivity index (χ3v) is 5.73. The van der Waals surface area contributed by atoms with E-state index in [1.54, 1.807) is 0 Å². The fraction of sp³-hybridized carbons (Fsp3) is 1.00. The van der Waals surface area contributed by atoms with Gasteiger partial charge in [0.25, 0.3) is 10.1 Å². The zero-order valence-electron chi connectivity index (χ0n) is 15.7. The number of sulfonamides is 1. The summed E-state index contributed by atoms with van der Waals surface area (Å²) in [6.07, 6.45) is 1.25. The fourth-order valence-corrected chi connectivity index (χ4v) is 1.87. The van der Waals surface area contributed by atoms with E-state index in [1.807, 2.05) is 0 Å². The minimum absolute atomic E-state index is 0. The van der Waals surface area contributed by atoms with Crippen molar-refractivity contribution in [1.29, 1.82) is 0 Å². The molecule has 0 aromatic heterocycles. The van der Waals surface area contributed by atoms with E-state index in [0.29, 0.717) is 5.41 Å². The van der Waals surface area contributed by atoms with Gasteiger partial charge in [0.1, 0.15) is 0 Å². The van der Waals surface area contributed by atoms with E-state index in [2.05, 4.69) is 57.0 Å². The summed E-state index contributed by atoms with van der Waals surface area (Å²) in [5.41, 5.74) is 0.500. The number of hydrogen-bond acceptors (Lipinski definition) is 9. The summed E-state index contributed by atoms with van der Waals surface area (Å²) in [7, 11) is -17.8. The molecule has 0 bridgehead atoms. The lowest BCUT2D eigenvalue weighted by Gasteiger charge is -2.05. The third-order valence-electron chi connectivity index (χ3n) is 0.637. The van der Waals surface area contributed by atoms with Crippen molar-refractivity contribution in [3.8, 4) is 0 Å². The normalized spacial score (nSPS) is 11.9. The molecule has 0 saturated carbocycles. The van der Waals surface area contributed by atoms with Gasteiger partial charge in [-0.25, -0.2) is 23.8 Å². The van der Waals surface area contributed by atoms with Crippen molar-refractivity contribution in [3.05, 3.63) is 0 Å². The maximum absolute atomic E-state index is 9.89. The van der Waals surface area contributed by atoms with Crippen LogP contribution in [0.25, 0.3) is 0 Å². The zero-order chi connectivity index (χ0) is 21.9. The minimum atomic E-state index is -4.59. The molecule has 0 aromatic rings. The van der Waals surface area contributed by atoms with Gasteiger partial charge >= 0.3 is 18.1 Å². The van der Waals surface area contributed by atoms with E-state index in [9.17, 15) is 33.7 Å². The van der Waals surface area contributed by atoms with Gasteiger partial charge in [-0.3, -0.25) is 4.55 Å². The Hall–Kier alpha value is -0.400. The van der Waals surface area contributed by atoms with Crippen molar-refractivity contribution < 1.29 is 38.2 Å². The summed E-state index contributed by atoms with van der Waals surface area (Å²) in [4.78, 5) is 0. The first-order valence-electron chi connectivity index (χ1n) is 6.38. The molecule has 0 atom stereocenters. The third kappa shape index (κ3) is 56.5. The second kappa shape index (κ2) is 13.7. The highest BCUT2D eigenvalue weighted by atomic mass is 33.2. The van der Waals surface area contributed by atoms with Gasteiger partial charge in [0.05, 0.1) is 0 Å². The Labute approximate surface area is 156 Å². The van der Waals surface area contributed by atoms with Crippen molar-refractivity contribution >= 4 is 38.3 Å². The molecule has 0 radical (unpaired) electrons. The molecule has 0 unspecified atom stereocenters. The van der Waals surface area contributed by atoms with Crippen molar-refractivity contribution in [2.45, 2.75) is 48.0 Å². The van der Waals surface area contributed by atoms with E-state index in [1.165, 1.54) is 6.42 Å². The van der Waals surface area contributed by atoms with Gasteiger partial charge in [-0.1, -0.05) is 48.0 Å². The van der Waals surface area contributed by atoms with E-state index in [0.717, 1.165) is 0 Å². The van der Waals surface area contributed by atoms with Crippen LogP contribution in [-0.2, 0) is 38.3 Å². The molecule has 0 rings (SSSR count). The second-order valence-corrected chi connectivity index (χ2v) is 14.2. The molecule has 0 spiro atoms. The Balaban J connectivity index is -0.0000000796. The Bertz CT molecular complexity index is 698. The van der Waals surface area contributed by atoms with Crippen molar-refractivity contribution in [1.82, 2.24) is 6.15 Å². The number of primary sulfonamides is 1. The number of hydrogen-bond donors (Lipinski definition) is 5. The number of nitrogens with two attached hydrogens (primary N) is 3. The highest BCUT2D eigenvalue weighted by Crippen LogP contribution is 2.08. The van der Waals surface area contributed by atoms with Crippen molar-refractivity contribution in [2.75, 3.05) is 5.08 Å². The molecule has 17 heteroatoms. The van der Waals surface area contributed by atoms with Crippen LogP contribution in [0.15, 0.2) is 0 Å². The molecule has 0 aliphatic heterocycles. The largest absolute Gasteiger partial charge is 0.344 e. The highest BCUT2D eigenvalue weighted by molar-refractivity contribution is 8.65. The average Bonchev–Trinajstić information content (AvgIpc) is 2.05. The Morgan fingerprint density at radius 1 is 0.731 bits per heavy atom. The maximum atomic E-state index is 9.89. The standard InChI is InChI=1S/C5H12.C3H8.CH5NO5S2.H4N2O4S2.H3N/c1-5(2,3)4;1-3-2;2-8(3,4)1-9(5,6)7;1-7(3,4)8(2,5)6;/h1-4H3;3H2,1-2H3;1H2,(H2,2,3,4)(H,5,6,7);(H2,1,3,4)(H2,2,5,6);1H3. The van der Waals surface area contributed by atoms with Crippen LogP contribution in [0.5, 0.6) is 0 Å². The van der Waals surface area contributed by atoms with Crippen LogP contribution in [-0.4, -0.2) is 43.3 Å². The van der Waals surface area contributed by atoms with Gasteiger partial charge in [0, 0.05) is 0 Å². The second-order valence-electron chi connectivity index (χ2n) is 6.06. The van der Waals surface area contributed by atoms with Crippen LogP contribution in [0.4, 0.5) is 0 Å². The van der Waals surface area contributed by atoms with Gasteiger partial charge < -0.3 is 6.15 Å². The summed E-state index contributed by atoms with van der Waals surface area (Å²) < 4.78 is 86.0. The molecule has 10 N–H and O–H groups in total. The topological polar surface area (TPSA) is 270 Å². The fourth-order valence-electron chi connectivity index (χ4n) is 0.208. The monoisotopic (exact) mass is 468 g/mol. The quantitative estimate of drug-likeness (QED) is 0.254. The molecule has 0 fully saturated rings. The first-order chi connectivity index (χ1) is 10.4. The summed E-state index contributed by atoms with van der Waals surface area (Å²) >= 11 is 0. The predicted octanol–water partition coefficient (Wildman–Crippen LogP) is -0.771.